The lowest BCUT2D eigenvalue weighted by molar-refractivity contribution is -0.459. The Morgan fingerprint density at radius 1 is 1.73 bits per heavy atom. The zero-order chi connectivity index (χ0) is 8.10. The molecule has 1 aliphatic heterocycles. The molecule has 3 heteroatoms. The van der Waals surface area contributed by atoms with Crippen molar-refractivity contribution in [1.82, 2.24) is 0 Å². The molecule has 0 aromatic heterocycles. The first kappa shape index (κ1) is 8.53. The Morgan fingerprint density at radius 2 is 2.55 bits per heavy atom. The monoisotopic (exact) mass is 214 g/mol. The van der Waals surface area contributed by atoms with Gasteiger partial charge in [0.2, 0.25) is 0 Å². The van der Waals surface area contributed by atoms with Gasteiger partial charge >= 0.3 is 0 Å². The molecule has 0 N–H and O–H groups in total. The summed E-state index contributed by atoms with van der Waals surface area (Å²) in [7, 11) is 1.79. The van der Waals surface area contributed by atoms with Crippen LogP contribution in [0.5, 0.6) is 0 Å². The number of alkyl halides is 1. The summed E-state index contributed by atoms with van der Waals surface area (Å²) in [4.78, 5) is 0. The van der Waals surface area contributed by atoms with Crippen LogP contribution in [-0.4, -0.2) is 29.8 Å². The van der Waals surface area contributed by atoms with Gasteiger partial charge in [0.05, 0.1) is 0 Å². The van der Waals surface area contributed by atoms with Crippen molar-refractivity contribution in [1.29, 1.82) is 0 Å². The van der Waals surface area contributed by atoms with Crippen molar-refractivity contribution in [2.24, 2.45) is 0 Å². The van der Waals surface area contributed by atoms with E-state index in [0.29, 0.717) is 0 Å². The lowest BCUT2D eigenvalue weighted by atomic mass is 10.3. The number of hydrogen-bond donors (Lipinski definition) is 0. The van der Waals surface area contributed by atoms with Crippen LogP contribution in [0.2, 0.25) is 0 Å². The summed E-state index contributed by atoms with van der Waals surface area (Å²) in [6.45, 7) is 0.865. The molecule has 0 saturated carbocycles. The van der Waals surface area contributed by atoms with Crippen LogP contribution in [0.3, 0.4) is 0 Å². The van der Waals surface area contributed by atoms with Crippen molar-refractivity contribution in [2.75, 3.05) is 18.9 Å². The maximum absolute atomic E-state index is 4.07. The highest BCUT2D eigenvalue weighted by atomic mass is 79.9. The topological polar surface area (TPSA) is 17.1 Å². The van der Waals surface area contributed by atoms with Crippen molar-refractivity contribution in [3.63, 3.8) is 0 Å². The summed E-state index contributed by atoms with van der Waals surface area (Å²) in [5, 5.41) is 0.878. The van der Waals surface area contributed by atoms with Crippen molar-refractivity contribution in [2.45, 2.75) is 0 Å². The number of nitrogens with zero attached hydrogens (tertiary/aromatic N) is 2. The van der Waals surface area contributed by atoms with Crippen molar-refractivity contribution >= 4 is 22.1 Å². The van der Waals surface area contributed by atoms with Gasteiger partial charge < -0.3 is 5.43 Å². The number of halogens is 1. The van der Waals surface area contributed by atoms with Gasteiger partial charge in [-0.25, -0.2) is 0 Å². The van der Waals surface area contributed by atoms with Gasteiger partial charge in [0.15, 0.2) is 12.8 Å². The number of hydrogen-bond acceptors (Lipinski definition) is 0. The van der Waals surface area contributed by atoms with Crippen molar-refractivity contribution in [3.8, 4) is 0 Å². The standard InChI is InChI=1S/C8H11BrN2/c1-10-11-5-3-2-4-8(6-9)7-11/h2-4,7H,5-6H2,1H3. The van der Waals surface area contributed by atoms with Crippen molar-refractivity contribution in [3.05, 3.63) is 29.2 Å². The lowest BCUT2D eigenvalue weighted by Crippen LogP contribution is -2.07. The van der Waals surface area contributed by atoms with E-state index >= 15 is 0 Å². The molecule has 2 nitrogen and oxygen atoms in total. The Hall–Kier alpha value is -0.570. The Labute approximate surface area is 75.4 Å². The van der Waals surface area contributed by atoms with E-state index in [1.165, 1.54) is 5.57 Å². The molecule has 0 bridgehead atoms. The summed E-state index contributed by atoms with van der Waals surface area (Å²) in [5.74, 6) is 0. The van der Waals surface area contributed by atoms with Gasteiger partial charge in [-0.15, -0.1) is 0 Å². The highest BCUT2D eigenvalue weighted by molar-refractivity contribution is 9.09. The molecule has 0 fully saturated rings. The van der Waals surface area contributed by atoms with Crippen LogP contribution < -0.4 is 0 Å². The van der Waals surface area contributed by atoms with Gasteiger partial charge in [0.1, 0.15) is 0 Å². The third-order valence-corrected chi connectivity index (χ3v) is 2.11. The summed E-state index contributed by atoms with van der Waals surface area (Å²) >= 11 is 3.40. The molecular weight excluding hydrogens is 204 g/mol. The second-order valence-corrected chi connectivity index (χ2v) is 2.82. The van der Waals surface area contributed by atoms with Crippen LogP contribution >= 0.6 is 15.9 Å². The van der Waals surface area contributed by atoms with Crippen LogP contribution in [0, 0.1) is 0 Å². The van der Waals surface area contributed by atoms with Crippen LogP contribution in [-0.2, 0) is 0 Å². The number of rotatable bonds is 2. The SMILES string of the molecule is C[N-][N+]1=CC(CBr)=CC=CC1. The normalized spacial score (nSPS) is 16.9. The molecule has 1 aliphatic rings. The Balaban J connectivity index is 2.77. The minimum atomic E-state index is 0.865. The lowest BCUT2D eigenvalue weighted by Gasteiger charge is -2.08. The molecular formula is C8H11BrN2. The number of allylic oxidation sites excluding steroid dienone is 3. The minimum absolute atomic E-state index is 0.865. The second-order valence-electron chi connectivity index (χ2n) is 2.25. The first-order valence-electron chi connectivity index (χ1n) is 3.49. The Bertz CT molecular complexity index is 216. The minimum Gasteiger partial charge on any atom is -0.444 e. The fourth-order valence-corrected chi connectivity index (χ4v) is 1.20. The van der Waals surface area contributed by atoms with E-state index in [1.807, 2.05) is 10.9 Å². The fraction of sp³-hybridized carbons (Fsp3) is 0.375. The summed E-state index contributed by atoms with van der Waals surface area (Å²) in [6, 6.07) is 0. The van der Waals surface area contributed by atoms with E-state index in [2.05, 4.69) is 39.6 Å². The zero-order valence-corrected chi connectivity index (χ0v) is 8.08. The predicted octanol–water partition coefficient (Wildman–Crippen LogP) is 1.88. The van der Waals surface area contributed by atoms with Crippen LogP contribution in [0.4, 0.5) is 0 Å². The van der Waals surface area contributed by atoms with Gasteiger partial charge in [-0.2, -0.15) is 0 Å². The second kappa shape index (κ2) is 4.34. The molecule has 0 aromatic carbocycles. The molecule has 0 saturated heterocycles. The molecule has 0 aliphatic carbocycles. The highest BCUT2D eigenvalue weighted by Crippen LogP contribution is 2.01. The zero-order valence-electron chi connectivity index (χ0n) is 6.50. The van der Waals surface area contributed by atoms with Crippen LogP contribution in [0.1, 0.15) is 0 Å². The summed E-state index contributed by atoms with van der Waals surface area (Å²) in [6.07, 6.45) is 8.26. The quantitative estimate of drug-likeness (QED) is 0.494. The van der Waals surface area contributed by atoms with Crippen LogP contribution in [0.25, 0.3) is 5.43 Å². The molecule has 0 atom stereocenters. The van der Waals surface area contributed by atoms with E-state index in [-0.39, 0.29) is 0 Å². The third kappa shape index (κ3) is 2.50. The van der Waals surface area contributed by atoms with Gasteiger partial charge in [-0.1, -0.05) is 35.1 Å². The average molecular weight is 215 g/mol. The Kier molecular flexibility index (Phi) is 3.36. The molecule has 1 heterocycles. The molecule has 0 amide bonds. The van der Waals surface area contributed by atoms with Gasteiger partial charge in [0.25, 0.3) is 0 Å². The van der Waals surface area contributed by atoms with Gasteiger partial charge in [-0.3, -0.25) is 4.68 Å². The molecule has 0 spiro atoms. The predicted molar refractivity (Wildman–Crippen MR) is 51.5 cm³/mol. The summed E-state index contributed by atoms with van der Waals surface area (Å²) in [5.41, 5.74) is 5.31. The van der Waals surface area contributed by atoms with E-state index in [4.69, 9.17) is 0 Å². The third-order valence-electron chi connectivity index (χ3n) is 1.46. The fourth-order valence-electron chi connectivity index (χ4n) is 0.866. The molecule has 60 valence electrons. The maximum atomic E-state index is 4.07. The summed E-state index contributed by atoms with van der Waals surface area (Å²) < 4.78 is 1.91. The molecule has 1 rings (SSSR count). The molecule has 0 unspecified atom stereocenters. The van der Waals surface area contributed by atoms with Gasteiger partial charge in [-0.05, 0) is 6.08 Å². The molecule has 0 radical (unpaired) electrons. The highest BCUT2D eigenvalue weighted by Gasteiger charge is 1.98. The first-order chi connectivity index (χ1) is 5.36. The largest absolute Gasteiger partial charge is 0.444 e. The Morgan fingerprint density at radius 3 is 3.18 bits per heavy atom. The average Bonchev–Trinajstić information content (AvgIpc) is 2.28. The van der Waals surface area contributed by atoms with Crippen molar-refractivity contribution < 1.29 is 4.68 Å². The molecule has 11 heavy (non-hydrogen) atoms. The molecule has 0 aromatic rings. The van der Waals surface area contributed by atoms with E-state index in [9.17, 15) is 0 Å². The van der Waals surface area contributed by atoms with Gasteiger partial charge in [0, 0.05) is 10.9 Å². The van der Waals surface area contributed by atoms with E-state index in [1.54, 1.807) is 7.05 Å². The maximum Gasteiger partial charge on any atom is 0.163 e. The van der Waals surface area contributed by atoms with E-state index < -0.39 is 0 Å². The smallest absolute Gasteiger partial charge is 0.163 e. The van der Waals surface area contributed by atoms with Crippen LogP contribution in [0.15, 0.2) is 23.8 Å². The first-order valence-corrected chi connectivity index (χ1v) is 4.62. The van der Waals surface area contributed by atoms with E-state index in [0.717, 1.165) is 11.9 Å².